The molecule has 0 radical (unpaired) electrons. The number of nitrogens with zero attached hydrogens (tertiary/aromatic N) is 1. The number of hydrogen-bond donors (Lipinski definition) is 2. The summed E-state index contributed by atoms with van der Waals surface area (Å²) in [6.45, 7) is 3.99. The lowest BCUT2D eigenvalue weighted by Gasteiger charge is -2.30. The smallest absolute Gasteiger partial charge is 0.270 e. The lowest BCUT2D eigenvalue weighted by Crippen LogP contribution is -2.48. The van der Waals surface area contributed by atoms with E-state index in [1.54, 1.807) is 18.3 Å². The predicted molar refractivity (Wildman–Crippen MR) is 103 cm³/mol. The van der Waals surface area contributed by atoms with Gasteiger partial charge in [0, 0.05) is 18.3 Å². The SMILES string of the molecule is CC1CNCCC1NC(=O)c1cc(Oc2ccccc2)ccn1.Cl.Cl. The standard InChI is InChI=1S/C18H21N3O2.2ClH/c1-13-12-19-9-8-16(13)21-18(22)17-11-15(7-10-20-17)23-14-5-3-2-4-6-14;;/h2-7,10-11,13,16,19H,8-9,12H2,1H3,(H,21,22);2*1H. The van der Waals surface area contributed by atoms with Crippen molar-refractivity contribution in [2.75, 3.05) is 13.1 Å². The first kappa shape index (κ1) is 21.2. The van der Waals surface area contributed by atoms with Gasteiger partial charge in [-0.25, -0.2) is 0 Å². The highest BCUT2D eigenvalue weighted by Gasteiger charge is 2.23. The van der Waals surface area contributed by atoms with Gasteiger partial charge in [0.25, 0.3) is 5.91 Å². The number of amides is 1. The third-order valence-electron chi connectivity index (χ3n) is 4.04. The average Bonchev–Trinajstić information content (AvgIpc) is 2.58. The fourth-order valence-corrected chi connectivity index (χ4v) is 2.69. The molecular formula is C18H23Cl2N3O2. The second kappa shape index (κ2) is 10.2. The lowest BCUT2D eigenvalue weighted by molar-refractivity contribution is 0.0908. The van der Waals surface area contributed by atoms with Gasteiger partial charge in [-0.15, -0.1) is 24.8 Å². The molecule has 1 aliphatic rings. The minimum absolute atomic E-state index is 0. The van der Waals surface area contributed by atoms with Crippen molar-refractivity contribution in [2.45, 2.75) is 19.4 Å². The highest BCUT2D eigenvalue weighted by atomic mass is 35.5. The average molecular weight is 384 g/mol. The number of carbonyl (C=O) groups is 1. The van der Waals surface area contributed by atoms with Crippen LogP contribution in [0, 0.1) is 5.92 Å². The first-order valence-electron chi connectivity index (χ1n) is 7.93. The van der Waals surface area contributed by atoms with Crippen molar-refractivity contribution in [2.24, 2.45) is 5.92 Å². The van der Waals surface area contributed by atoms with Crippen LogP contribution < -0.4 is 15.4 Å². The molecule has 1 aromatic heterocycles. The van der Waals surface area contributed by atoms with Crippen LogP contribution in [0.15, 0.2) is 48.7 Å². The molecule has 2 atom stereocenters. The van der Waals surface area contributed by atoms with E-state index in [1.165, 1.54) is 0 Å². The predicted octanol–water partition coefficient (Wildman–Crippen LogP) is 3.45. The zero-order chi connectivity index (χ0) is 16.1. The molecular weight excluding hydrogens is 361 g/mol. The van der Waals surface area contributed by atoms with Crippen LogP contribution >= 0.6 is 24.8 Å². The highest BCUT2D eigenvalue weighted by Crippen LogP contribution is 2.21. The van der Waals surface area contributed by atoms with Gasteiger partial charge in [-0.3, -0.25) is 9.78 Å². The van der Waals surface area contributed by atoms with Crippen LogP contribution in [0.4, 0.5) is 0 Å². The molecule has 7 heteroatoms. The Balaban J connectivity index is 0.00000156. The first-order valence-corrected chi connectivity index (χ1v) is 7.93. The van der Waals surface area contributed by atoms with Gasteiger partial charge >= 0.3 is 0 Å². The van der Waals surface area contributed by atoms with E-state index in [1.807, 2.05) is 30.3 Å². The zero-order valence-corrected chi connectivity index (χ0v) is 15.6. The number of benzene rings is 1. The summed E-state index contributed by atoms with van der Waals surface area (Å²) in [4.78, 5) is 16.6. The molecule has 1 aromatic carbocycles. The summed E-state index contributed by atoms with van der Waals surface area (Å²) in [6, 6.07) is 13.1. The molecule has 2 heterocycles. The largest absolute Gasteiger partial charge is 0.457 e. The number of piperidine rings is 1. The number of halogens is 2. The highest BCUT2D eigenvalue weighted by molar-refractivity contribution is 5.92. The van der Waals surface area contributed by atoms with Gasteiger partial charge in [0.2, 0.25) is 0 Å². The molecule has 136 valence electrons. The molecule has 1 aliphatic heterocycles. The molecule has 2 aromatic rings. The minimum Gasteiger partial charge on any atom is -0.457 e. The van der Waals surface area contributed by atoms with Gasteiger partial charge in [-0.1, -0.05) is 25.1 Å². The monoisotopic (exact) mass is 383 g/mol. The van der Waals surface area contributed by atoms with Crippen molar-refractivity contribution < 1.29 is 9.53 Å². The summed E-state index contributed by atoms with van der Waals surface area (Å²) < 4.78 is 5.75. The van der Waals surface area contributed by atoms with Gasteiger partial charge in [-0.2, -0.15) is 0 Å². The summed E-state index contributed by atoms with van der Waals surface area (Å²) in [7, 11) is 0. The summed E-state index contributed by atoms with van der Waals surface area (Å²) in [5, 5.41) is 6.41. The maximum Gasteiger partial charge on any atom is 0.270 e. The maximum atomic E-state index is 12.4. The van der Waals surface area contributed by atoms with Gasteiger partial charge in [0.1, 0.15) is 17.2 Å². The number of ether oxygens (including phenoxy) is 1. The normalized spacial score (nSPS) is 19.1. The van der Waals surface area contributed by atoms with Crippen LogP contribution in [-0.4, -0.2) is 30.0 Å². The van der Waals surface area contributed by atoms with E-state index in [2.05, 4.69) is 22.5 Å². The molecule has 0 spiro atoms. The van der Waals surface area contributed by atoms with Crippen LogP contribution in [0.1, 0.15) is 23.8 Å². The van der Waals surface area contributed by atoms with Crippen molar-refractivity contribution >= 4 is 30.7 Å². The van der Waals surface area contributed by atoms with E-state index in [4.69, 9.17) is 4.74 Å². The fourth-order valence-electron chi connectivity index (χ4n) is 2.69. The van der Waals surface area contributed by atoms with Gasteiger partial charge in [0.05, 0.1) is 0 Å². The molecule has 0 bridgehead atoms. The van der Waals surface area contributed by atoms with Crippen molar-refractivity contribution in [3.05, 3.63) is 54.4 Å². The van der Waals surface area contributed by atoms with E-state index in [-0.39, 0.29) is 36.8 Å². The molecule has 5 nitrogen and oxygen atoms in total. The third-order valence-corrected chi connectivity index (χ3v) is 4.04. The number of nitrogens with one attached hydrogen (secondary N) is 2. The van der Waals surface area contributed by atoms with Crippen LogP contribution in [0.5, 0.6) is 11.5 Å². The maximum absolute atomic E-state index is 12.4. The summed E-state index contributed by atoms with van der Waals surface area (Å²) in [5.74, 6) is 1.60. The number of pyridine rings is 1. The number of aromatic nitrogens is 1. The quantitative estimate of drug-likeness (QED) is 0.848. The first-order chi connectivity index (χ1) is 11.2. The fraction of sp³-hybridized carbons (Fsp3) is 0.333. The molecule has 1 fully saturated rings. The van der Waals surface area contributed by atoms with Gasteiger partial charge in [0.15, 0.2) is 0 Å². The second-order valence-electron chi connectivity index (χ2n) is 5.84. The molecule has 3 rings (SSSR count). The van der Waals surface area contributed by atoms with Crippen LogP contribution in [-0.2, 0) is 0 Å². The van der Waals surface area contributed by atoms with Crippen LogP contribution in [0.2, 0.25) is 0 Å². The van der Waals surface area contributed by atoms with E-state index < -0.39 is 0 Å². The molecule has 1 amide bonds. The molecule has 1 saturated heterocycles. The summed E-state index contributed by atoms with van der Waals surface area (Å²) >= 11 is 0. The lowest BCUT2D eigenvalue weighted by atomic mass is 9.95. The van der Waals surface area contributed by atoms with Crippen LogP contribution in [0.25, 0.3) is 0 Å². The Morgan fingerprint density at radius 3 is 2.68 bits per heavy atom. The molecule has 2 N–H and O–H groups in total. The number of para-hydroxylation sites is 1. The molecule has 25 heavy (non-hydrogen) atoms. The number of hydrogen-bond acceptors (Lipinski definition) is 4. The van der Waals surface area contributed by atoms with Gasteiger partial charge < -0.3 is 15.4 Å². The second-order valence-corrected chi connectivity index (χ2v) is 5.84. The topological polar surface area (TPSA) is 63.2 Å². The van der Waals surface area contributed by atoms with Gasteiger partial charge in [-0.05, 0) is 43.6 Å². The van der Waals surface area contributed by atoms with Crippen molar-refractivity contribution in [1.29, 1.82) is 0 Å². The Hall–Kier alpha value is -1.82. The number of carbonyl (C=O) groups excluding carboxylic acids is 1. The Morgan fingerprint density at radius 1 is 1.20 bits per heavy atom. The van der Waals surface area contributed by atoms with Crippen LogP contribution in [0.3, 0.4) is 0 Å². The van der Waals surface area contributed by atoms with Crippen molar-refractivity contribution in [3.63, 3.8) is 0 Å². The Morgan fingerprint density at radius 2 is 1.96 bits per heavy atom. The molecule has 0 aliphatic carbocycles. The Kier molecular flexibility index (Phi) is 8.69. The zero-order valence-electron chi connectivity index (χ0n) is 14.0. The minimum atomic E-state index is -0.151. The summed E-state index contributed by atoms with van der Waals surface area (Å²) in [5.41, 5.74) is 0.379. The summed E-state index contributed by atoms with van der Waals surface area (Å²) in [6.07, 6.45) is 2.53. The Bertz CT molecular complexity index is 670. The third kappa shape index (κ3) is 5.88. The molecule has 2 unspecified atom stereocenters. The van der Waals surface area contributed by atoms with E-state index in [9.17, 15) is 4.79 Å². The Labute approximate surface area is 160 Å². The van der Waals surface area contributed by atoms with Crippen molar-refractivity contribution in [3.8, 4) is 11.5 Å². The van der Waals surface area contributed by atoms with Crippen molar-refractivity contribution in [1.82, 2.24) is 15.6 Å². The van der Waals surface area contributed by atoms with E-state index in [0.717, 1.165) is 25.3 Å². The molecule has 0 saturated carbocycles. The van der Waals surface area contributed by atoms with E-state index in [0.29, 0.717) is 17.4 Å². The number of rotatable bonds is 4. The van der Waals surface area contributed by atoms with E-state index >= 15 is 0 Å².